The minimum Gasteiger partial charge on any atom is -0.348 e. The molecule has 116 valence electrons. The molecule has 2 rings (SSSR count). The molecular formula is C19H24N2O. The van der Waals surface area contributed by atoms with Gasteiger partial charge in [-0.05, 0) is 48.1 Å². The van der Waals surface area contributed by atoms with E-state index >= 15 is 0 Å². The Kier molecular flexibility index (Phi) is 5.31. The Balaban J connectivity index is 1.96. The van der Waals surface area contributed by atoms with Crippen molar-refractivity contribution in [2.75, 3.05) is 0 Å². The first kappa shape index (κ1) is 16.2. The topological polar surface area (TPSA) is 42.0 Å². The average molecular weight is 296 g/mol. The quantitative estimate of drug-likeness (QED) is 0.903. The third-order valence-corrected chi connectivity index (χ3v) is 4.12. The Morgan fingerprint density at radius 3 is 2.32 bits per heavy atom. The Bertz CT molecular complexity index is 615. The first-order valence-electron chi connectivity index (χ1n) is 7.77. The van der Waals surface area contributed by atoms with Crippen LogP contribution < -0.4 is 5.32 Å². The molecule has 0 radical (unpaired) electrons. The monoisotopic (exact) mass is 296 g/mol. The van der Waals surface area contributed by atoms with Crippen LogP contribution in [0, 0.1) is 12.8 Å². The van der Waals surface area contributed by atoms with Gasteiger partial charge in [0.25, 0.3) is 5.91 Å². The molecule has 0 aliphatic carbocycles. The summed E-state index contributed by atoms with van der Waals surface area (Å²) < 4.78 is 0. The number of carbonyl (C=O) groups is 1. The van der Waals surface area contributed by atoms with Gasteiger partial charge in [-0.15, -0.1) is 0 Å². The predicted molar refractivity (Wildman–Crippen MR) is 89.8 cm³/mol. The van der Waals surface area contributed by atoms with Gasteiger partial charge in [0.2, 0.25) is 0 Å². The van der Waals surface area contributed by atoms with Crippen LogP contribution in [0.15, 0.2) is 42.6 Å². The maximum absolute atomic E-state index is 12.2. The van der Waals surface area contributed by atoms with Gasteiger partial charge >= 0.3 is 0 Å². The molecule has 3 nitrogen and oxygen atoms in total. The molecule has 0 aliphatic heterocycles. The summed E-state index contributed by atoms with van der Waals surface area (Å²) in [5.74, 6) is 1.04. The molecule has 0 saturated heterocycles. The van der Waals surface area contributed by atoms with Crippen molar-refractivity contribution in [3.63, 3.8) is 0 Å². The fraction of sp³-hybridized carbons (Fsp3) is 0.368. The van der Waals surface area contributed by atoms with Crippen molar-refractivity contribution in [2.45, 2.75) is 40.2 Å². The Morgan fingerprint density at radius 1 is 1.09 bits per heavy atom. The standard InChI is InChI=1S/C19H24N2O/c1-13(2)15(4)17-7-9-18(10-8-17)19(22)21-12-16-6-5-14(3)20-11-16/h5-11,13,15H,12H2,1-4H3,(H,21,22). The minimum absolute atomic E-state index is 0.0516. The van der Waals surface area contributed by atoms with Gasteiger partial charge in [-0.1, -0.05) is 39.0 Å². The van der Waals surface area contributed by atoms with Crippen LogP contribution in [0.25, 0.3) is 0 Å². The van der Waals surface area contributed by atoms with Gasteiger partial charge in [-0.3, -0.25) is 9.78 Å². The van der Waals surface area contributed by atoms with E-state index in [4.69, 9.17) is 0 Å². The summed E-state index contributed by atoms with van der Waals surface area (Å²) in [6.07, 6.45) is 1.79. The Morgan fingerprint density at radius 2 is 1.77 bits per heavy atom. The molecule has 1 N–H and O–H groups in total. The molecule has 22 heavy (non-hydrogen) atoms. The summed E-state index contributed by atoms with van der Waals surface area (Å²) in [5, 5.41) is 2.93. The molecule has 1 atom stereocenters. The first-order chi connectivity index (χ1) is 10.5. The van der Waals surface area contributed by atoms with Gasteiger partial charge < -0.3 is 5.32 Å². The van der Waals surface area contributed by atoms with Crippen molar-refractivity contribution in [1.82, 2.24) is 10.3 Å². The molecule has 1 aromatic heterocycles. The van der Waals surface area contributed by atoms with E-state index in [-0.39, 0.29) is 5.91 Å². The maximum atomic E-state index is 12.2. The molecule has 1 aromatic carbocycles. The lowest BCUT2D eigenvalue weighted by Crippen LogP contribution is -2.22. The third-order valence-electron chi connectivity index (χ3n) is 4.12. The van der Waals surface area contributed by atoms with E-state index in [2.05, 4.69) is 31.1 Å². The summed E-state index contributed by atoms with van der Waals surface area (Å²) in [5.41, 5.74) is 3.95. The lowest BCUT2D eigenvalue weighted by Gasteiger charge is -2.16. The van der Waals surface area contributed by atoms with Crippen LogP contribution in [0.5, 0.6) is 0 Å². The zero-order valence-corrected chi connectivity index (χ0v) is 13.8. The third kappa shape index (κ3) is 4.17. The van der Waals surface area contributed by atoms with E-state index in [0.717, 1.165) is 11.3 Å². The summed E-state index contributed by atoms with van der Waals surface area (Å²) in [6, 6.07) is 11.8. The highest BCUT2D eigenvalue weighted by Gasteiger charge is 2.11. The highest BCUT2D eigenvalue weighted by molar-refractivity contribution is 5.94. The first-order valence-corrected chi connectivity index (χ1v) is 7.77. The van der Waals surface area contributed by atoms with Crippen molar-refractivity contribution in [3.8, 4) is 0 Å². The number of benzene rings is 1. The normalized spacial score (nSPS) is 12.2. The fourth-order valence-electron chi connectivity index (χ4n) is 2.21. The van der Waals surface area contributed by atoms with Gasteiger partial charge in [0.05, 0.1) is 0 Å². The zero-order chi connectivity index (χ0) is 16.1. The summed E-state index contributed by atoms with van der Waals surface area (Å²) >= 11 is 0. The van der Waals surface area contributed by atoms with Crippen LogP contribution in [-0.2, 0) is 6.54 Å². The van der Waals surface area contributed by atoms with Crippen molar-refractivity contribution in [1.29, 1.82) is 0 Å². The SMILES string of the molecule is Cc1ccc(CNC(=O)c2ccc(C(C)C(C)C)cc2)cn1. The van der Waals surface area contributed by atoms with Crippen LogP contribution in [0.3, 0.4) is 0 Å². The molecule has 0 bridgehead atoms. The molecule has 1 unspecified atom stereocenters. The van der Waals surface area contributed by atoms with E-state index in [9.17, 15) is 4.79 Å². The Labute approximate surface area is 132 Å². The summed E-state index contributed by atoms with van der Waals surface area (Å²) in [7, 11) is 0. The average Bonchev–Trinajstić information content (AvgIpc) is 2.53. The molecule has 1 heterocycles. The number of nitrogens with zero attached hydrogens (tertiary/aromatic N) is 1. The molecule has 1 amide bonds. The molecular weight excluding hydrogens is 272 g/mol. The van der Waals surface area contributed by atoms with Crippen LogP contribution in [-0.4, -0.2) is 10.9 Å². The number of hydrogen-bond donors (Lipinski definition) is 1. The van der Waals surface area contributed by atoms with Crippen molar-refractivity contribution in [3.05, 3.63) is 65.0 Å². The number of aryl methyl sites for hydroxylation is 1. The largest absolute Gasteiger partial charge is 0.348 e. The number of hydrogen-bond acceptors (Lipinski definition) is 2. The van der Waals surface area contributed by atoms with Crippen LogP contribution in [0.4, 0.5) is 0 Å². The minimum atomic E-state index is -0.0516. The zero-order valence-electron chi connectivity index (χ0n) is 13.8. The lowest BCUT2D eigenvalue weighted by molar-refractivity contribution is 0.0951. The van der Waals surface area contributed by atoms with E-state index in [0.29, 0.717) is 23.9 Å². The van der Waals surface area contributed by atoms with E-state index in [1.54, 1.807) is 6.20 Å². The summed E-state index contributed by atoms with van der Waals surface area (Å²) in [4.78, 5) is 16.4. The van der Waals surface area contributed by atoms with E-state index in [1.807, 2.05) is 43.3 Å². The second-order valence-electron chi connectivity index (χ2n) is 6.15. The highest BCUT2D eigenvalue weighted by atomic mass is 16.1. The molecule has 3 heteroatoms. The fourth-order valence-corrected chi connectivity index (χ4v) is 2.21. The number of amides is 1. The molecule has 0 spiro atoms. The maximum Gasteiger partial charge on any atom is 0.251 e. The van der Waals surface area contributed by atoms with E-state index in [1.165, 1.54) is 5.56 Å². The second-order valence-corrected chi connectivity index (χ2v) is 6.15. The number of rotatable bonds is 5. The van der Waals surface area contributed by atoms with Gasteiger partial charge in [-0.2, -0.15) is 0 Å². The number of nitrogens with one attached hydrogen (secondary N) is 1. The van der Waals surface area contributed by atoms with Gasteiger partial charge in [-0.25, -0.2) is 0 Å². The van der Waals surface area contributed by atoms with Crippen LogP contribution in [0.1, 0.15) is 53.9 Å². The van der Waals surface area contributed by atoms with Crippen molar-refractivity contribution >= 4 is 5.91 Å². The predicted octanol–water partition coefficient (Wildman–Crippen LogP) is 4.08. The van der Waals surface area contributed by atoms with Crippen LogP contribution >= 0.6 is 0 Å². The molecule has 0 saturated carbocycles. The van der Waals surface area contributed by atoms with Gasteiger partial charge in [0.1, 0.15) is 0 Å². The second kappa shape index (κ2) is 7.21. The smallest absolute Gasteiger partial charge is 0.251 e. The number of pyridine rings is 1. The molecule has 0 fully saturated rings. The summed E-state index contributed by atoms with van der Waals surface area (Å²) in [6.45, 7) is 9.07. The van der Waals surface area contributed by atoms with Crippen molar-refractivity contribution < 1.29 is 4.79 Å². The molecule has 2 aromatic rings. The van der Waals surface area contributed by atoms with Gasteiger partial charge in [0, 0.05) is 24.0 Å². The lowest BCUT2D eigenvalue weighted by atomic mass is 9.90. The molecule has 0 aliphatic rings. The highest BCUT2D eigenvalue weighted by Crippen LogP contribution is 2.23. The Hall–Kier alpha value is -2.16. The van der Waals surface area contributed by atoms with Crippen LogP contribution in [0.2, 0.25) is 0 Å². The number of carbonyl (C=O) groups excluding carboxylic acids is 1. The number of aromatic nitrogens is 1. The van der Waals surface area contributed by atoms with Crippen molar-refractivity contribution in [2.24, 2.45) is 5.92 Å². The van der Waals surface area contributed by atoms with Gasteiger partial charge in [0.15, 0.2) is 0 Å². The van der Waals surface area contributed by atoms with E-state index < -0.39 is 0 Å².